The van der Waals surface area contributed by atoms with Crippen LogP contribution in [0.4, 0.5) is 0 Å². The molecule has 1 atom stereocenters. The van der Waals surface area contributed by atoms with Crippen LogP contribution in [-0.2, 0) is 6.54 Å². The first-order valence-corrected chi connectivity index (χ1v) is 8.25. The Hall–Kier alpha value is -3.08. The molecule has 1 saturated heterocycles. The summed E-state index contributed by atoms with van der Waals surface area (Å²) in [4.78, 5) is 18.5. The lowest BCUT2D eigenvalue weighted by Gasteiger charge is -2.15. The molecule has 1 amide bonds. The van der Waals surface area contributed by atoms with Gasteiger partial charge in [0.25, 0.3) is 5.91 Å². The van der Waals surface area contributed by atoms with Crippen molar-refractivity contribution in [2.75, 3.05) is 19.7 Å². The Morgan fingerprint density at radius 3 is 3.16 bits per heavy atom. The molecule has 4 rings (SSSR count). The Morgan fingerprint density at radius 1 is 1.40 bits per heavy atom. The van der Waals surface area contributed by atoms with Crippen LogP contribution < -0.4 is 9.47 Å². The molecule has 1 fully saturated rings. The molecule has 25 heavy (non-hydrogen) atoms. The molecule has 0 spiro atoms. The van der Waals surface area contributed by atoms with E-state index in [2.05, 4.69) is 16.2 Å². The molecule has 0 bridgehead atoms. The van der Waals surface area contributed by atoms with Crippen molar-refractivity contribution in [1.29, 1.82) is 5.26 Å². The van der Waals surface area contributed by atoms with Crippen molar-refractivity contribution in [3.05, 3.63) is 35.7 Å². The number of likely N-dealkylation sites (tertiary alicyclic amines) is 1. The van der Waals surface area contributed by atoms with Crippen LogP contribution in [0, 0.1) is 11.3 Å². The largest absolute Gasteiger partial charge is 0.478 e. The second-order valence-electron chi connectivity index (χ2n) is 6.07. The number of carbonyl (C=O) groups excluding carboxylic acids is 1. The first-order chi connectivity index (χ1) is 12.2. The SMILES string of the molecule is N#Cc1ccnc(OC2CCN(C(=O)c3cc4n(n3)CCCO4)C2)c1. The number of rotatable bonds is 3. The Balaban J connectivity index is 1.40. The van der Waals surface area contributed by atoms with Crippen LogP contribution in [0.25, 0.3) is 0 Å². The summed E-state index contributed by atoms with van der Waals surface area (Å²) >= 11 is 0. The van der Waals surface area contributed by atoms with E-state index in [1.54, 1.807) is 34.0 Å². The number of hydrogen-bond donors (Lipinski definition) is 0. The maximum absolute atomic E-state index is 12.6. The van der Waals surface area contributed by atoms with Gasteiger partial charge in [-0.2, -0.15) is 10.4 Å². The minimum atomic E-state index is -0.140. The summed E-state index contributed by atoms with van der Waals surface area (Å²) in [6, 6.07) is 6.99. The van der Waals surface area contributed by atoms with Gasteiger partial charge in [0.2, 0.25) is 11.8 Å². The minimum absolute atomic E-state index is 0.115. The Morgan fingerprint density at radius 2 is 2.32 bits per heavy atom. The molecule has 2 aromatic heterocycles. The van der Waals surface area contributed by atoms with Gasteiger partial charge in [-0.25, -0.2) is 9.67 Å². The molecule has 4 heterocycles. The molecule has 0 aliphatic carbocycles. The standard InChI is InChI=1S/C17H17N5O3/c18-10-12-2-4-19-15(8-12)25-13-3-6-21(11-13)17(23)14-9-16-22(20-14)5-1-7-24-16/h2,4,8-9,13H,1,3,5-7,11H2. The van der Waals surface area contributed by atoms with Gasteiger partial charge < -0.3 is 14.4 Å². The van der Waals surface area contributed by atoms with Crippen molar-refractivity contribution in [3.63, 3.8) is 0 Å². The van der Waals surface area contributed by atoms with Gasteiger partial charge in [-0.1, -0.05) is 0 Å². The van der Waals surface area contributed by atoms with Crippen LogP contribution in [0.5, 0.6) is 11.8 Å². The summed E-state index contributed by atoms with van der Waals surface area (Å²) in [5, 5.41) is 13.3. The van der Waals surface area contributed by atoms with Crippen molar-refractivity contribution in [2.24, 2.45) is 0 Å². The third-order valence-electron chi connectivity index (χ3n) is 4.31. The van der Waals surface area contributed by atoms with E-state index in [9.17, 15) is 4.79 Å². The van der Waals surface area contributed by atoms with E-state index in [4.69, 9.17) is 14.7 Å². The topological polar surface area (TPSA) is 93.3 Å². The lowest BCUT2D eigenvalue weighted by Crippen LogP contribution is -2.31. The predicted molar refractivity (Wildman–Crippen MR) is 86.2 cm³/mol. The van der Waals surface area contributed by atoms with Crippen LogP contribution in [0.2, 0.25) is 0 Å². The zero-order valence-corrected chi connectivity index (χ0v) is 13.6. The molecule has 2 aromatic rings. The summed E-state index contributed by atoms with van der Waals surface area (Å²) in [7, 11) is 0. The second-order valence-corrected chi connectivity index (χ2v) is 6.07. The maximum atomic E-state index is 12.6. The highest BCUT2D eigenvalue weighted by Crippen LogP contribution is 2.22. The van der Waals surface area contributed by atoms with Crippen LogP contribution in [0.15, 0.2) is 24.4 Å². The summed E-state index contributed by atoms with van der Waals surface area (Å²) in [5.74, 6) is 0.943. The van der Waals surface area contributed by atoms with E-state index < -0.39 is 0 Å². The Labute approximate surface area is 144 Å². The van der Waals surface area contributed by atoms with Crippen LogP contribution >= 0.6 is 0 Å². The van der Waals surface area contributed by atoms with Gasteiger partial charge in [-0.05, 0) is 6.07 Å². The lowest BCUT2D eigenvalue weighted by molar-refractivity contribution is 0.0764. The average Bonchev–Trinajstić information content (AvgIpc) is 3.28. The molecule has 0 N–H and O–H groups in total. The van der Waals surface area contributed by atoms with Crippen LogP contribution in [0.3, 0.4) is 0 Å². The van der Waals surface area contributed by atoms with E-state index in [0.29, 0.717) is 49.1 Å². The molecular weight excluding hydrogens is 322 g/mol. The molecule has 8 heteroatoms. The fraction of sp³-hybridized carbons (Fsp3) is 0.412. The second kappa shape index (κ2) is 6.43. The first-order valence-electron chi connectivity index (χ1n) is 8.25. The van der Waals surface area contributed by atoms with Crippen molar-refractivity contribution >= 4 is 5.91 Å². The van der Waals surface area contributed by atoms with E-state index in [1.807, 2.05) is 0 Å². The number of aryl methyl sites for hydroxylation is 1. The van der Waals surface area contributed by atoms with Crippen LogP contribution in [0.1, 0.15) is 28.9 Å². The highest BCUT2D eigenvalue weighted by atomic mass is 16.5. The van der Waals surface area contributed by atoms with Gasteiger partial charge >= 0.3 is 0 Å². The summed E-state index contributed by atoms with van der Waals surface area (Å²) in [6.07, 6.45) is 3.02. The molecule has 1 unspecified atom stereocenters. The van der Waals surface area contributed by atoms with Gasteiger partial charge in [-0.15, -0.1) is 0 Å². The number of carbonyl (C=O) groups is 1. The smallest absolute Gasteiger partial charge is 0.274 e. The van der Waals surface area contributed by atoms with E-state index in [0.717, 1.165) is 13.0 Å². The maximum Gasteiger partial charge on any atom is 0.274 e. The number of nitriles is 1. The van der Waals surface area contributed by atoms with Crippen molar-refractivity contribution in [3.8, 4) is 17.8 Å². The van der Waals surface area contributed by atoms with E-state index >= 15 is 0 Å². The van der Waals surface area contributed by atoms with Gasteiger partial charge in [0.1, 0.15) is 6.10 Å². The number of pyridine rings is 1. The van der Waals surface area contributed by atoms with E-state index in [-0.39, 0.29) is 12.0 Å². The van der Waals surface area contributed by atoms with Crippen LogP contribution in [-0.4, -0.2) is 51.4 Å². The van der Waals surface area contributed by atoms with E-state index in [1.165, 1.54) is 0 Å². The number of amides is 1. The average molecular weight is 339 g/mol. The number of hydrogen-bond acceptors (Lipinski definition) is 6. The van der Waals surface area contributed by atoms with Gasteiger partial charge in [-0.3, -0.25) is 4.79 Å². The van der Waals surface area contributed by atoms with Crippen molar-refractivity contribution < 1.29 is 14.3 Å². The van der Waals surface area contributed by atoms with Gasteiger partial charge in [0.15, 0.2) is 5.69 Å². The summed E-state index contributed by atoms with van der Waals surface area (Å²) in [5.41, 5.74) is 0.904. The lowest BCUT2D eigenvalue weighted by atomic mass is 10.3. The highest BCUT2D eigenvalue weighted by molar-refractivity contribution is 5.92. The fourth-order valence-electron chi connectivity index (χ4n) is 3.06. The number of nitrogens with zero attached hydrogens (tertiary/aromatic N) is 5. The molecule has 0 aromatic carbocycles. The number of fused-ring (bicyclic) bond motifs is 1. The number of aromatic nitrogens is 3. The fourth-order valence-corrected chi connectivity index (χ4v) is 3.06. The van der Waals surface area contributed by atoms with Gasteiger partial charge in [0, 0.05) is 44.3 Å². The predicted octanol–water partition coefficient (Wildman–Crippen LogP) is 1.23. The normalized spacial score (nSPS) is 19.0. The highest BCUT2D eigenvalue weighted by Gasteiger charge is 2.30. The Kier molecular flexibility index (Phi) is 3.98. The van der Waals surface area contributed by atoms with Gasteiger partial charge in [0.05, 0.1) is 24.8 Å². The van der Waals surface area contributed by atoms with Crippen molar-refractivity contribution in [1.82, 2.24) is 19.7 Å². The minimum Gasteiger partial charge on any atom is -0.478 e. The summed E-state index contributed by atoms with van der Waals surface area (Å²) in [6.45, 7) is 2.51. The zero-order valence-electron chi connectivity index (χ0n) is 13.6. The third-order valence-corrected chi connectivity index (χ3v) is 4.31. The zero-order chi connectivity index (χ0) is 17.2. The first kappa shape index (κ1) is 15.4. The number of ether oxygens (including phenoxy) is 2. The third kappa shape index (κ3) is 3.13. The molecule has 2 aliphatic rings. The summed E-state index contributed by atoms with van der Waals surface area (Å²) < 4.78 is 13.1. The Bertz CT molecular complexity index is 818. The molecule has 2 aliphatic heterocycles. The molecular formula is C17H17N5O3. The van der Waals surface area contributed by atoms with Crippen molar-refractivity contribution in [2.45, 2.75) is 25.5 Å². The molecule has 0 radical (unpaired) electrons. The molecule has 128 valence electrons. The monoisotopic (exact) mass is 339 g/mol. The molecule has 0 saturated carbocycles. The quantitative estimate of drug-likeness (QED) is 0.835. The molecule has 8 nitrogen and oxygen atoms in total.